The van der Waals surface area contributed by atoms with Crippen molar-refractivity contribution in [2.75, 3.05) is 6.61 Å². The first kappa shape index (κ1) is 10.9. The van der Waals surface area contributed by atoms with Gasteiger partial charge in [-0.15, -0.1) is 0 Å². The van der Waals surface area contributed by atoms with Crippen LogP contribution in [-0.4, -0.2) is 14.9 Å². The van der Waals surface area contributed by atoms with Crippen LogP contribution in [0, 0.1) is 0 Å². The maximum Gasteiger partial charge on any atom is 0.189 e. The molecule has 82 valence electrons. The highest BCUT2D eigenvalue weighted by molar-refractivity contribution is 6.75. The van der Waals surface area contributed by atoms with Crippen LogP contribution in [0.15, 0.2) is 30.3 Å². The van der Waals surface area contributed by atoms with E-state index in [4.69, 9.17) is 4.43 Å². The first-order chi connectivity index (χ1) is 7.29. The van der Waals surface area contributed by atoms with Crippen LogP contribution in [-0.2, 0) is 10.8 Å². The largest absolute Gasteiger partial charge is 0.417 e. The van der Waals surface area contributed by atoms with Crippen molar-refractivity contribution in [3.63, 3.8) is 0 Å². The van der Waals surface area contributed by atoms with Crippen LogP contribution in [0.25, 0.3) is 0 Å². The van der Waals surface area contributed by atoms with Crippen LogP contribution in [0.1, 0.15) is 18.4 Å². The molecule has 2 heteroatoms. The lowest BCUT2D eigenvalue weighted by molar-refractivity contribution is 0.284. The SMILES string of the molecule is C[Si]1(OCCCc2ccccc2)CCC1. The van der Waals surface area contributed by atoms with Crippen molar-refractivity contribution in [1.29, 1.82) is 0 Å². The predicted octanol–water partition coefficient (Wildman–Crippen LogP) is 3.61. The summed E-state index contributed by atoms with van der Waals surface area (Å²) in [6, 6.07) is 13.5. The highest BCUT2D eigenvalue weighted by Crippen LogP contribution is 2.32. The minimum Gasteiger partial charge on any atom is -0.417 e. The van der Waals surface area contributed by atoms with Gasteiger partial charge in [-0.05, 0) is 37.0 Å². The molecule has 1 aromatic rings. The molecule has 0 atom stereocenters. The summed E-state index contributed by atoms with van der Waals surface area (Å²) in [5, 5.41) is 0. The highest BCUT2D eigenvalue weighted by Gasteiger charge is 2.35. The van der Waals surface area contributed by atoms with E-state index in [1.54, 1.807) is 0 Å². The van der Waals surface area contributed by atoms with Gasteiger partial charge in [0.2, 0.25) is 0 Å². The number of rotatable bonds is 5. The van der Waals surface area contributed by atoms with Crippen LogP contribution in [0.4, 0.5) is 0 Å². The molecule has 1 nitrogen and oxygen atoms in total. The van der Waals surface area contributed by atoms with Gasteiger partial charge in [-0.3, -0.25) is 0 Å². The van der Waals surface area contributed by atoms with Crippen LogP contribution in [0.3, 0.4) is 0 Å². The molecule has 0 aromatic heterocycles. The molecule has 1 saturated heterocycles. The Hall–Kier alpha value is -0.603. The van der Waals surface area contributed by atoms with E-state index < -0.39 is 8.32 Å². The molecule has 1 aromatic carbocycles. The Morgan fingerprint density at radius 1 is 1.20 bits per heavy atom. The molecular weight excluding hydrogens is 200 g/mol. The monoisotopic (exact) mass is 220 g/mol. The van der Waals surface area contributed by atoms with Crippen molar-refractivity contribution in [2.45, 2.75) is 37.9 Å². The van der Waals surface area contributed by atoms with E-state index in [2.05, 4.69) is 36.9 Å². The molecule has 0 saturated carbocycles. The molecule has 1 aliphatic heterocycles. The molecule has 1 fully saturated rings. The van der Waals surface area contributed by atoms with Gasteiger partial charge in [-0.2, -0.15) is 0 Å². The Labute approximate surface area is 93.6 Å². The van der Waals surface area contributed by atoms with E-state index in [9.17, 15) is 0 Å². The van der Waals surface area contributed by atoms with Crippen molar-refractivity contribution in [3.8, 4) is 0 Å². The van der Waals surface area contributed by atoms with Crippen LogP contribution < -0.4 is 0 Å². The van der Waals surface area contributed by atoms with Crippen molar-refractivity contribution in [2.24, 2.45) is 0 Å². The zero-order chi connectivity index (χ0) is 10.6. The lowest BCUT2D eigenvalue weighted by Crippen LogP contribution is -2.41. The molecule has 0 spiro atoms. The van der Waals surface area contributed by atoms with E-state index in [0.29, 0.717) is 0 Å². The number of aryl methyl sites for hydroxylation is 1. The first-order valence-corrected chi connectivity index (χ1v) is 8.79. The van der Waals surface area contributed by atoms with Crippen molar-refractivity contribution < 1.29 is 4.43 Å². The summed E-state index contributed by atoms with van der Waals surface area (Å²) in [5.41, 5.74) is 1.43. The average molecular weight is 220 g/mol. The normalized spacial score (nSPS) is 18.5. The van der Waals surface area contributed by atoms with E-state index in [0.717, 1.165) is 13.0 Å². The van der Waals surface area contributed by atoms with Gasteiger partial charge in [0.1, 0.15) is 0 Å². The van der Waals surface area contributed by atoms with E-state index >= 15 is 0 Å². The fraction of sp³-hybridized carbons (Fsp3) is 0.538. The Bertz CT molecular complexity index is 293. The summed E-state index contributed by atoms with van der Waals surface area (Å²) >= 11 is 0. The number of hydrogen-bond donors (Lipinski definition) is 0. The molecule has 0 bridgehead atoms. The van der Waals surface area contributed by atoms with Crippen LogP contribution in [0.5, 0.6) is 0 Å². The Kier molecular flexibility index (Phi) is 3.60. The maximum absolute atomic E-state index is 6.03. The van der Waals surface area contributed by atoms with Crippen molar-refractivity contribution >= 4 is 8.32 Å². The fourth-order valence-electron chi connectivity index (χ4n) is 2.06. The summed E-state index contributed by atoms with van der Waals surface area (Å²) in [5.74, 6) is 0. The summed E-state index contributed by atoms with van der Waals surface area (Å²) < 4.78 is 6.03. The third kappa shape index (κ3) is 3.18. The lowest BCUT2D eigenvalue weighted by Gasteiger charge is -2.35. The standard InChI is InChI=1S/C13H20OSi/c1-15(11-6-12-15)14-10-5-9-13-7-3-2-4-8-13/h2-4,7-8H,5-6,9-12H2,1H3. The molecule has 2 rings (SSSR count). The second kappa shape index (κ2) is 4.95. The van der Waals surface area contributed by atoms with E-state index in [1.165, 1.54) is 30.5 Å². The molecule has 0 radical (unpaired) electrons. The molecule has 0 N–H and O–H groups in total. The summed E-state index contributed by atoms with van der Waals surface area (Å²) in [6.45, 7) is 3.34. The minimum atomic E-state index is -1.13. The van der Waals surface area contributed by atoms with Crippen LogP contribution in [0.2, 0.25) is 18.6 Å². The van der Waals surface area contributed by atoms with E-state index in [-0.39, 0.29) is 0 Å². The Balaban J connectivity index is 1.63. The molecule has 15 heavy (non-hydrogen) atoms. The number of hydrogen-bond acceptors (Lipinski definition) is 1. The minimum absolute atomic E-state index is 0.970. The van der Waals surface area contributed by atoms with Gasteiger partial charge in [-0.1, -0.05) is 36.8 Å². The van der Waals surface area contributed by atoms with Gasteiger partial charge in [0.15, 0.2) is 8.32 Å². The second-order valence-electron chi connectivity index (χ2n) is 4.74. The third-order valence-electron chi connectivity index (χ3n) is 3.31. The topological polar surface area (TPSA) is 9.23 Å². The molecule has 1 aliphatic rings. The second-order valence-corrected chi connectivity index (χ2v) is 8.93. The van der Waals surface area contributed by atoms with Crippen molar-refractivity contribution in [3.05, 3.63) is 35.9 Å². The van der Waals surface area contributed by atoms with Gasteiger partial charge in [0.05, 0.1) is 0 Å². The van der Waals surface area contributed by atoms with Gasteiger partial charge >= 0.3 is 0 Å². The highest BCUT2D eigenvalue weighted by atomic mass is 28.4. The Morgan fingerprint density at radius 2 is 1.93 bits per heavy atom. The zero-order valence-corrected chi connectivity index (χ0v) is 10.5. The molecule has 0 amide bonds. The summed E-state index contributed by atoms with van der Waals surface area (Å²) in [7, 11) is -1.13. The van der Waals surface area contributed by atoms with Crippen LogP contribution >= 0.6 is 0 Å². The molecule has 0 aliphatic carbocycles. The summed E-state index contributed by atoms with van der Waals surface area (Å²) in [4.78, 5) is 0. The van der Waals surface area contributed by atoms with Gasteiger partial charge in [0.25, 0.3) is 0 Å². The molecular formula is C13H20OSi. The maximum atomic E-state index is 6.03. The number of benzene rings is 1. The zero-order valence-electron chi connectivity index (χ0n) is 9.54. The third-order valence-corrected chi connectivity index (χ3v) is 7.04. The van der Waals surface area contributed by atoms with E-state index in [1.807, 2.05) is 0 Å². The van der Waals surface area contributed by atoms with Gasteiger partial charge in [-0.25, -0.2) is 0 Å². The predicted molar refractivity (Wildman–Crippen MR) is 66.6 cm³/mol. The molecule has 0 unspecified atom stereocenters. The van der Waals surface area contributed by atoms with Crippen molar-refractivity contribution in [1.82, 2.24) is 0 Å². The fourth-order valence-corrected chi connectivity index (χ4v) is 4.33. The lowest BCUT2D eigenvalue weighted by atomic mass is 10.1. The quantitative estimate of drug-likeness (QED) is 0.544. The van der Waals surface area contributed by atoms with Gasteiger partial charge in [0, 0.05) is 6.61 Å². The van der Waals surface area contributed by atoms with Gasteiger partial charge < -0.3 is 4.43 Å². The average Bonchev–Trinajstić information content (AvgIpc) is 2.23. The summed E-state index contributed by atoms with van der Waals surface area (Å²) in [6.07, 6.45) is 3.74. The Morgan fingerprint density at radius 3 is 2.53 bits per heavy atom. The molecule has 1 heterocycles. The smallest absolute Gasteiger partial charge is 0.189 e. The first-order valence-electron chi connectivity index (χ1n) is 5.96.